The first-order valence-corrected chi connectivity index (χ1v) is 5.90. The van der Waals surface area contributed by atoms with Gasteiger partial charge in [-0.15, -0.1) is 0 Å². The standard InChI is InChI=1S/C13H19FN4O2/c1-9(14)6-4-5-7-18-12(19)10-11(15-8-16(10)2)17(3)13(18)20/h8-9H,4-7H2,1-3H3/t9-/m0/s1/i1D3,2D3,6D2. The minimum Gasteiger partial charge on any atom is -0.328 e. The van der Waals surface area contributed by atoms with Crippen molar-refractivity contribution in [1.82, 2.24) is 18.7 Å². The Bertz CT molecular complexity index is 988. The summed E-state index contributed by atoms with van der Waals surface area (Å²) < 4.78 is 74.7. The minimum absolute atomic E-state index is 0.121. The summed E-state index contributed by atoms with van der Waals surface area (Å²) >= 11 is 0. The number of hydrogen-bond acceptors (Lipinski definition) is 3. The minimum atomic E-state index is -3.14. The molecule has 110 valence electrons. The Morgan fingerprint density at radius 1 is 1.50 bits per heavy atom. The van der Waals surface area contributed by atoms with Crippen molar-refractivity contribution in [2.24, 2.45) is 14.0 Å². The van der Waals surface area contributed by atoms with E-state index in [2.05, 4.69) is 4.98 Å². The molecule has 0 spiro atoms. The number of alkyl halides is 1. The Labute approximate surface area is 126 Å². The molecule has 2 aromatic rings. The van der Waals surface area contributed by atoms with Crippen LogP contribution in [0.5, 0.6) is 0 Å². The van der Waals surface area contributed by atoms with Crippen LogP contribution in [0.1, 0.15) is 37.0 Å². The quantitative estimate of drug-likeness (QED) is 0.824. The van der Waals surface area contributed by atoms with E-state index in [1.165, 1.54) is 7.05 Å². The molecule has 0 aromatic carbocycles. The van der Waals surface area contributed by atoms with Crippen LogP contribution in [0.4, 0.5) is 4.39 Å². The van der Waals surface area contributed by atoms with Gasteiger partial charge in [0.05, 0.1) is 12.5 Å². The van der Waals surface area contributed by atoms with E-state index in [1.807, 2.05) is 0 Å². The second-order valence-electron chi connectivity index (χ2n) is 4.26. The van der Waals surface area contributed by atoms with Gasteiger partial charge in [-0.3, -0.25) is 13.9 Å². The van der Waals surface area contributed by atoms with E-state index in [4.69, 9.17) is 11.0 Å². The molecule has 2 rings (SSSR count). The highest BCUT2D eigenvalue weighted by Gasteiger charge is 2.14. The molecular weight excluding hydrogens is 263 g/mol. The Hall–Kier alpha value is -1.92. The molecule has 0 bridgehead atoms. The Kier molecular flexibility index (Phi) is 2.01. The van der Waals surface area contributed by atoms with E-state index < -0.39 is 44.0 Å². The van der Waals surface area contributed by atoms with Crippen LogP contribution < -0.4 is 11.2 Å². The van der Waals surface area contributed by atoms with Crippen LogP contribution in [0.25, 0.3) is 11.2 Å². The highest BCUT2D eigenvalue weighted by Crippen LogP contribution is 2.06. The molecule has 0 fully saturated rings. The lowest BCUT2D eigenvalue weighted by atomic mass is 10.2. The second kappa shape index (κ2) is 5.60. The van der Waals surface area contributed by atoms with Crippen LogP contribution in [0.2, 0.25) is 0 Å². The van der Waals surface area contributed by atoms with Gasteiger partial charge in [0.2, 0.25) is 0 Å². The van der Waals surface area contributed by atoms with Gasteiger partial charge in [0.25, 0.3) is 5.56 Å². The maximum absolute atomic E-state index is 13.8. The molecule has 0 aliphatic rings. The summed E-state index contributed by atoms with van der Waals surface area (Å²) in [5.41, 5.74) is -2.18. The number of imidazole rings is 1. The summed E-state index contributed by atoms with van der Waals surface area (Å²) in [4.78, 5) is 28.8. The summed E-state index contributed by atoms with van der Waals surface area (Å²) in [6, 6.07) is 0. The van der Waals surface area contributed by atoms with Gasteiger partial charge in [-0.05, 0) is 26.1 Å². The zero-order valence-corrected chi connectivity index (χ0v) is 10.8. The molecule has 1 atom stereocenters. The molecule has 0 N–H and O–H groups in total. The molecule has 6 nitrogen and oxygen atoms in total. The SMILES string of the molecule is [2H]C([2H])([2H])[C@H](F)C([2H])([2H])CCCn1c(=O)c2c(ncn2C([2H])([2H])[2H])n(C)c1=O. The van der Waals surface area contributed by atoms with Crippen molar-refractivity contribution >= 4 is 11.2 Å². The first-order chi connectivity index (χ1) is 12.6. The van der Waals surface area contributed by atoms with E-state index in [0.29, 0.717) is 9.13 Å². The molecule has 2 heterocycles. The first-order valence-electron chi connectivity index (χ1n) is 9.90. The van der Waals surface area contributed by atoms with Gasteiger partial charge < -0.3 is 4.57 Å². The third kappa shape index (κ3) is 2.52. The lowest BCUT2D eigenvalue weighted by Gasteiger charge is -2.08. The van der Waals surface area contributed by atoms with Crippen molar-refractivity contribution in [3.8, 4) is 0 Å². The van der Waals surface area contributed by atoms with Crippen molar-refractivity contribution in [1.29, 1.82) is 0 Å². The van der Waals surface area contributed by atoms with Gasteiger partial charge in [-0.1, -0.05) is 0 Å². The zero-order chi connectivity index (χ0) is 21.7. The number of fused-ring (bicyclic) bond motifs is 1. The van der Waals surface area contributed by atoms with Gasteiger partial charge in [0.1, 0.15) is 0 Å². The highest BCUT2D eigenvalue weighted by atomic mass is 19.1. The predicted octanol–water partition coefficient (Wildman–Crippen LogP) is 0.962. The van der Waals surface area contributed by atoms with Crippen LogP contribution in [-0.4, -0.2) is 24.9 Å². The number of nitrogens with zero attached hydrogens (tertiary/aromatic N) is 4. The largest absolute Gasteiger partial charge is 0.332 e. The van der Waals surface area contributed by atoms with Crippen molar-refractivity contribution in [2.75, 3.05) is 0 Å². The average Bonchev–Trinajstić information content (AvgIpc) is 3.00. The fourth-order valence-electron chi connectivity index (χ4n) is 1.93. The summed E-state index contributed by atoms with van der Waals surface area (Å²) in [5.74, 6) is 0. The van der Waals surface area contributed by atoms with E-state index >= 15 is 0 Å². The molecule has 0 radical (unpaired) electrons. The van der Waals surface area contributed by atoms with Gasteiger partial charge in [0.15, 0.2) is 11.2 Å². The molecule has 20 heavy (non-hydrogen) atoms. The van der Waals surface area contributed by atoms with Crippen LogP contribution in [0, 0.1) is 0 Å². The van der Waals surface area contributed by atoms with Crippen LogP contribution in [-0.2, 0) is 20.6 Å². The molecule has 7 heteroatoms. The number of rotatable bonds is 5. The number of aryl methyl sites for hydroxylation is 2. The predicted molar refractivity (Wildman–Crippen MR) is 74.6 cm³/mol. The normalized spacial score (nSPS) is 20.9. The zero-order valence-electron chi connectivity index (χ0n) is 18.8. The lowest BCUT2D eigenvalue weighted by Crippen LogP contribution is -2.39. The fraction of sp³-hybridized carbons (Fsp3) is 0.615. The van der Waals surface area contributed by atoms with Crippen molar-refractivity contribution < 1.29 is 15.4 Å². The monoisotopic (exact) mass is 290 g/mol. The van der Waals surface area contributed by atoms with E-state index in [0.717, 1.165) is 10.9 Å². The molecular formula is C13H19FN4O2. The number of hydrogen-bond donors (Lipinski definition) is 0. The molecule has 0 aliphatic heterocycles. The molecule has 2 aromatic heterocycles. The topological polar surface area (TPSA) is 61.8 Å². The molecule has 0 aliphatic carbocycles. The van der Waals surface area contributed by atoms with Gasteiger partial charge >= 0.3 is 5.69 Å². The van der Waals surface area contributed by atoms with Crippen LogP contribution >= 0.6 is 0 Å². The first kappa shape index (κ1) is 7.19. The smallest absolute Gasteiger partial charge is 0.328 e. The maximum Gasteiger partial charge on any atom is 0.332 e. The van der Waals surface area contributed by atoms with Crippen molar-refractivity contribution in [3.05, 3.63) is 27.2 Å². The third-order valence-electron chi connectivity index (χ3n) is 2.91. The average molecular weight is 290 g/mol. The Balaban J connectivity index is 2.39. The second-order valence-corrected chi connectivity index (χ2v) is 4.26. The van der Waals surface area contributed by atoms with Crippen molar-refractivity contribution in [2.45, 2.75) is 38.8 Å². The summed E-state index contributed by atoms with van der Waals surface area (Å²) in [7, 11) is 1.29. The summed E-state index contributed by atoms with van der Waals surface area (Å²) in [6.45, 7) is -6.19. The lowest BCUT2D eigenvalue weighted by molar-refractivity contribution is 0.328. The number of aromatic nitrogens is 4. The van der Waals surface area contributed by atoms with E-state index in [-0.39, 0.29) is 24.1 Å². The molecule has 0 amide bonds. The Morgan fingerprint density at radius 2 is 2.30 bits per heavy atom. The number of halogens is 1. The van der Waals surface area contributed by atoms with Gasteiger partial charge in [-0.2, -0.15) is 0 Å². The van der Waals surface area contributed by atoms with Crippen LogP contribution in [0.15, 0.2) is 15.9 Å². The molecule has 0 saturated heterocycles. The fourth-order valence-corrected chi connectivity index (χ4v) is 1.93. The highest BCUT2D eigenvalue weighted by molar-refractivity contribution is 5.69. The third-order valence-corrected chi connectivity index (χ3v) is 2.91. The summed E-state index contributed by atoms with van der Waals surface area (Å²) in [6.07, 6.45) is -5.26. The van der Waals surface area contributed by atoms with E-state index in [9.17, 15) is 14.0 Å². The summed E-state index contributed by atoms with van der Waals surface area (Å²) in [5, 5.41) is 0. The maximum atomic E-state index is 13.8. The van der Waals surface area contributed by atoms with Crippen LogP contribution in [0.3, 0.4) is 0 Å². The molecule has 0 saturated carbocycles. The van der Waals surface area contributed by atoms with Crippen molar-refractivity contribution in [3.63, 3.8) is 0 Å². The van der Waals surface area contributed by atoms with E-state index in [1.54, 1.807) is 0 Å². The molecule has 0 unspecified atom stereocenters. The van der Waals surface area contributed by atoms with Gasteiger partial charge in [-0.25, -0.2) is 14.2 Å². The van der Waals surface area contributed by atoms with Gasteiger partial charge in [0, 0.05) is 31.5 Å². The Morgan fingerprint density at radius 3 is 3.00 bits per heavy atom.